The van der Waals surface area contributed by atoms with Gasteiger partial charge in [-0.05, 0) is 65.6 Å². The van der Waals surface area contributed by atoms with E-state index >= 15 is 0 Å². The number of fused-ring (bicyclic) bond motifs is 9. The lowest BCUT2D eigenvalue weighted by Crippen LogP contribution is -2.43. The van der Waals surface area contributed by atoms with Crippen LogP contribution >= 0.6 is 34.7 Å². The average Bonchev–Trinajstić information content (AvgIpc) is 3.72. The SMILES string of the molecule is O=C1C2C3CC(C2C(=O)N1c1cccc(C(F)(F)F)c1)C1C(c2ccc(Cl)cc2)c2sc(=O)n(Cc4ccccc4)c2SC31. The summed E-state index contributed by atoms with van der Waals surface area (Å²) < 4.78 is 42.4. The first kappa shape index (κ1) is 28.2. The van der Waals surface area contributed by atoms with Crippen molar-refractivity contribution < 1.29 is 22.8 Å². The average molecular weight is 653 g/mol. The molecule has 0 N–H and O–H groups in total. The number of thioether (sulfide) groups is 1. The Labute approximate surface area is 263 Å². The van der Waals surface area contributed by atoms with Crippen LogP contribution in [0.15, 0.2) is 88.7 Å². The number of halogens is 4. The second kappa shape index (κ2) is 10.1. The van der Waals surface area contributed by atoms with Gasteiger partial charge in [0, 0.05) is 21.1 Å². The molecule has 11 heteroatoms. The summed E-state index contributed by atoms with van der Waals surface area (Å²) in [5, 5.41) is 1.44. The highest BCUT2D eigenvalue weighted by Crippen LogP contribution is 2.69. The molecule has 2 aliphatic heterocycles. The molecule has 2 saturated carbocycles. The molecule has 44 heavy (non-hydrogen) atoms. The Morgan fingerprint density at radius 2 is 1.57 bits per heavy atom. The molecule has 1 saturated heterocycles. The van der Waals surface area contributed by atoms with Crippen molar-refractivity contribution in [3.63, 3.8) is 0 Å². The lowest BCUT2D eigenvalue weighted by Gasteiger charge is -2.43. The van der Waals surface area contributed by atoms with Crippen LogP contribution in [0.25, 0.3) is 0 Å². The van der Waals surface area contributed by atoms with Crippen LogP contribution in [-0.2, 0) is 22.3 Å². The third-order valence-corrected chi connectivity index (χ3v) is 12.8. The molecule has 4 aromatic rings. The van der Waals surface area contributed by atoms with Crippen LogP contribution in [0.2, 0.25) is 5.02 Å². The molecule has 5 nitrogen and oxygen atoms in total. The fourth-order valence-corrected chi connectivity index (χ4v) is 11.4. The lowest BCUT2D eigenvalue weighted by molar-refractivity contribution is -0.137. The van der Waals surface area contributed by atoms with Gasteiger partial charge in [0.15, 0.2) is 0 Å². The molecule has 3 fully saturated rings. The molecule has 0 radical (unpaired) electrons. The van der Waals surface area contributed by atoms with Gasteiger partial charge >= 0.3 is 11.0 Å². The van der Waals surface area contributed by atoms with Crippen LogP contribution in [0.4, 0.5) is 18.9 Å². The highest BCUT2D eigenvalue weighted by atomic mass is 35.5. The maximum Gasteiger partial charge on any atom is 0.416 e. The first-order valence-corrected chi connectivity index (χ1v) is 16.4. The van der Waals surface area contributed by atoms with Crippen molar-refractivity contribution in [3.05, 3.63) is 115 Å². The number of rotatable bonds is 4. The zero-order valence-corrected chi connectivity index (χ0v) is 25.3. The van der Waals surface area contributed by atoms with Crippen LogP contribution in [0.3, 0.4) is 0 Å². The number of nitrogens with zero attached hydrogens (tertiary/aromatic N) is 2. The molecule has 3 heterocycles. The van der Waals surface area contributed by atoms with Crippen molar-refractivity contribution in [3.8, 4) is 0 Å². The van der Waals surface area contributed by atoms with Crippen LogP contribution in [0, 0.1) is 29.6 Å². The maximum absolute atomic E-state index is 14.0. The van der Waals surface area contributed by atoms with Gasteiger partial charge < -0.3 is 0 Å². The van der Waals surface area contributed by atoms with Gasteiger partial charge in [-0.1, -0.05) is 71.5 Å². The third kappa shape index (κ3) is 4.17. The number of amides is 2. The zero-order chi connectivity index (χ0) is 30.5. The quantitative estimate of drug-likeness (QED) is 0.217. The van der Waals surface area contributed by atoms with E-state index in [-0.39, 0.29) is 39.5 Å². The van der Waals surface area contributed by atoms with E-state index in [1.54, 1.807) is 11.8 Å². The number of alkyl halides is 3. The summed E-state index contributed by atoms with van der Waals surface area (Å²) in [6.45, 7) is 0.421. The molecule has 224 valence electrons. The molecule has 2 amide bonds. The minimum Gasteiger partial charge on any atom is -0.289 e. The van der Waals surface area contributed by atoms with Gasteiger partial charge in [-0.25, -0.2) is 0 Å². The second-order valence-electron chi connectivity index (χ2n) is 12.0. The minimum absolute atomic E-state index is 0.0265. The highest BCUT2D eigenvalue weighted by molar-refractivity contribution is 8.00. The zero-order valence-electron chi connectivity index (χ0n) is 22.9. The number of benzene rings is 3. The van der Waals surface area contributed by atoms with Gasteiger partial charge in [-0.2, -0.15) is 13.2 Å². The summed E-state index contributed by atoms with van der Waals surface area (Å²) >= 11 is 9.12. The molecule has 7 unspecified atom stereocenters. The van der Waals surface area contributed by atoms with Crippen LogP contribution in [0.5, 0.6) is 0 Å². The number of imide groups is 1. The Hall–Kier alpha value is -3.34. The Morgan fingerprint density at radius 3 is 2.27 bits per heavy atom. The Kier molecular flexibility index (Phi) is 6.45. The van der Waals surface area contributed by atoms with Crippen LogP contribution in [-0.4, -0.2) is 21.6 Å². The molecule has 2 aliphatic carbocycles. The minimum atomic E-state index is -4.60. The standard InChI is InChI=1S/C33H24ClF3N2O3S2/c34-19-11-9-17(10-12-19)23-24-21-14-22(27(24)43-31-28(23)44-32(42)38(31)15-16-5-2-1-3-6-16)26-25(21)29(40)39(30(26)41)20-8-4-7-18(13-20)33(35,36)37/h1-13,21-27H,14-15H2. The van der Waals surface area contributed by atoms with E-state index in [1.807, 2.05) is 59.2 Å². The van der Waals surface area contributed by atoms with E-state index in [0.717, 1.165) is 38.1 Å². The number of hydrogen-bond acceptors (Lipinski definition) is 5. The van der Waals surface area contributed by atoms with Gasteiger partial charge in [0.1, 0.15) is 0 Å². The Bertz CT molecular complexity index is 1870. The number of anilines is 1. The highest BCUT2D eigenvalue weighted by Gasteiger charge is 2.70. The fraction of sp³-hybridized carbons (Fsp3) is 0.303. The van der Waals surface area contributed by atoms with E-state index in [1.165, 1.54) is 23.5 Å². The molecule has 0 spiro atoms. The Balaban J connectivity index is 1.21. The number of hydrogen-bond donors (Lipinski definition) is 0. The van der Waals surface area contributed by atoms with E-state index < -0.39 is 35.4 Å². The van der Waals surface area contributed by atoms with E-state index in [2.05, 4.69) is 0 Å². The third-order valence-electron chi connectivity index (χ3n) is 9.79. The van der Waals surface area contributed by atoms with Gasteiger partial charge in [-0.15, -0.1) is 11.8 Å². The van der Waals surface area contributed by atoms with Crippen LogP contribution < -0.4 is 9.77 Å². The van der Waals surface area contributed by atoms with Crippen molar-refractivity contribution in [2.24, 2.45) is 29.6 Å². The largest absolute Gasteiger partial charge is 0.416 e. The second-order valence-corrected chi connectivity index (χ2v) is 14.6. The van der Waals surface area contributed by atoms with Gasteiger partial charge in [0.05, 0.1) is 34.7 Å². The molecular formula is C33H24ClF3N2O3S2. The number of aromatic nitrogens is 1. The summed E-state index contributed by atoms with van der Waals surface area (Å²) in [7, 11) is 0. The molecular weight excluding hydrogens is 629 g/mol. The van der Waals surface area contributed by atoms with Crippen molar-refractivity contribution in [2.45, 2.75) is 35.3 Å². The molecule has 8 rings (SSSR count). The predicted molar refractivity (Wildman–Crippen MR) is 163 cm³/mol. The van der Waals surface area contributed by atoms with Gasteiger partial charge in [0.2, 0.25) is 11.8 Å². The summed E-state index contributed by atoms with van der Waals surface area (Å²) in [6.07, 6.45) is -3.91. The van der Waals surface area contributed by atoms with Crippen molar-refractivity contribution in [1.29, 1.82) is 0 Å². The molecule has 7 atom stereocenters. The van der Waals surface area contributed by atoms with Gasteiger partial charge in [0.25, 0.3) is 0 Å². The van der Waals surface area contributed by atoms with Crippen molar-refractivity contribution in [1.82, 2.24) is 4.57 Å². The van der Waals surface area contributed by atoms with Crippen molar-refractivity contribution >= 4 is 52.2 Å². The first-order valence-electron chi connectivity index (χ1n) is 14.4. The monoisotopic (exact) mass is 652 g/mol. The number of thiazole rings is 1. The van der Waals surface area contributed by atoms with E-state index in [4.69, 9.17) is 11.6 Å². The van der Waals surface area contributed by atoms with Crippen LogP contribution in [0.1, 0.15) is 33.9 Å². The first-order chi connectivity index (χ1) is 21.1. The molecule has 2 bridgehead atoms. The van der Waals surface area contributed by atoms with Gasteiger partial charge in [-0.3, -0.25) is 23.9 Å². The smallest absolute Gasteiger partial charge is 0.289 e. The number of carbonyl (C=O) groups excluding carboxylic acids is 2. The fourth-order valence-electron chi connectivity index (χ4n) is 8.14. The summed E-state index contributed by atoms with van der Waals surface area (Å²) in [6, 6.07) is 21.8. The summed E-state index contributed by atoms with van der Waals surface area (Å²) in [5.41, 5.74) is 1.06. The number of carbonyl (C=O) groups is 2. The van der Waals surface area contributed by atoms with E-state index in [9.17, 15) is 27.6 Å². The van der Waals surface area contributed by atoms with E-state index in [0.29, 0.717) is 18.0 Å². The topological polar surface area (TPSA) is 59.4 Å². The van der Waals surface area contributed by atoms with Crippen molar-refractivity contribution in [2.75, 3.05) is 4.90 Å². The normalized spacial score (nSPS) is 28.7. The summed E-state index contributed by atoms with van der Waals surface area (Å²) in [5.74, 6) is -2.55. The molecule has 3 aromatic carbocycles. The Morgan fingerprint density at radius 1 is 0.864 bits per heavy atom. The lowest BCUT2D eigenvalue weighted by atomic mass is 9.68. The molecule has 4 aliphatic rings. The summed E-state index contributed by atoms with van der Waals surface area (Å²) in [4.78, 5) is 43.3. The molecule has 1 aromatic heterocycles. The predicted octanol–water partition coefficient (Wildman–Crippen LogP) is 7.31. The maximum atomic E-state index is 14.0.